The lowest BCUT2D eigenvalue weighted by molar-refractivity contribution is -0.180. The molecule has 1 aliphatic heterocycles. The zero-order chi connectivity index (χ0) is 17.6. The molecule has 0 radical (unpaired) electrons. The molecule has 3 unspecified atom stereocenters. The van der Waals surface area contributed by atoms with E-state index < -0.39 is 41.4 Å². The predicted octanol–water partition coefficient (Wildman–Crippen LogP) is 2.06. The van der Waals surface area contributed by atoms with Crippen molar-refractivity contribution < 1.29 is 31.6 Å². The summed E-state index contributed by atoms with van der Waals surface area (Å²) in [4.78, 5) is 24.1. The highest BCUT2D eigenvalue weighted by Gasteiger charge is 2.43. The van der Waals surface area contributed by atoms with Crippen LogP contribution in [0.25, 0.3) is 0 Å². The van der Waals surface area contributed by atoms with Gasteiger partial charge in [0.25, 0.3) is 0 Å². The molecule has 0 aromatic heterocycles. The first-order valence-electron chi connectivity index (χ1n) is 7.23. The highest BCUT2D eigenvalue weighted by molar-refractivity contribution is 7.75. The van der Waals surface area contributed by atoms with Gasteiger partial charge in [-0.15, -0.1) is 0 Å². The monoisotopic (exact) mass is 354 g/mol. The zero-order valence-electron chi connectivity index (χ0n) is 13.3. The van der Waals surface area contributed by atoms with E-state index in [1.54, 1.807) is 36.4 Å². The van der Waals surface area contributed by atoms with Crippen LogP contribution in [0.3, 0.4) is 0 Å². The Balaban J connectivity index is 1.92. The van der Waals surface area contributed by atoms with Crippen LogP contribution in [-0.2, 0) is 34.6 Å². The third kappa shape index (κ3) is 4.65. The van der Waals surface area contributed by atoms with Gasteiger partial charge in [-0.05, 0) is 32.1 Å². The van der Waals surface area contributed by atoms with E-state index in [0.717, 1.165) is 0 Å². The fraction of sp³-hybridized carbons (Fsp3) is 0.375. The third-order valence-corrected chi connectivity index (χ3v) is 4.11. The minimum absolute atomic E-state index is 0.341. The van der Waals surface area contributed by atoms with Gasteiger partial charge in [0, 0.05) is 6.42 Å². The fourth-order valence-corrected chi connectivity index (χ4v) is 2.39. The van der Waals surface area contributed by atoms with Crippen LogP contribution in [0.2, 0.25) is 0 Å². The largest absolute Gasteiger partial charge is 0.462 e. The molecule has 24 heavy (non-hydrogen) atoms. The lowest BCUT2D eigenvalue weighted by Crippen LogP contribution is -2.42. The molecule has 0 saturated carbocycles. The average molecular weight is 354 g/mol. The normalized spacial score (nSPS) is 19.8. The number of ketones is 1. The van der Waals surface area contributed by atoms with Gasteiger partial charge < -0.3 is 13.7 Å². The van der Waals surface area contributed by atoms with Crippen molar-refractivity contribution in [1.29, 1.82) is 0 Å². The molecule has 0 aliphatic carbocycles. The second kappa shape index (κ2) is 8.07. The molecule has 1 aliphatic rings. The van der Waals surface area contributed by atoms with Gasteiger partial charge in [-0.25, -0.2) is 0 Å². The molecule has 0 N–H and O–H groups in total. The number of esters is 1. The van der Waals surface area contributed by atoms with Gasteiger partial charge in [0.1, 0.15) is 16.9 Å². The molecule has 1 aromatic rings. The summed E-state index contributed by atoms with van der Waals surface area (Å²) in [6, 6.07) is 8.39. The Morgan fingerprint density at radius 3 is 2.62 bits per heavy atom. The van der Waals surface area contributed by atoms with Gasteiger partial charge in [0.2, 0.25) is 6.29 Å². The molecule has 8 heteroatoms. The van der Waals surface area contributed by atoms with Gasteiger partial charge in [-0.2, -0.15) is 4.21 Å². The molecule has 130 valence electrons. The van der Waals surface area contributed by atoms with Crippen molar-refractivity contribution in [3.8, 4) is 5.75 Å². The number of Topliss-reactive ketones (excluding diaryl/α,β-unsaturated/α-hetero) is 1. The number of ether oxygens (including phenoxy) is 2. The first kappa shape index (κ1) is 18.2. The Kier molecular flexibility index (Phi) is 6.10. The van der Waals surface area contributed by atoms with Crippen LogP contribution < -0.4 is 4.18 Å². The predicted molar refractivity (Wildman–Crippen MR) is 84.7 cm³/mol. The van der Waals surface area contributed by atoms with Crippen molar-refractivity contribution in [2.45, 2.75) is 26.6 Å². The Morgan fingerprint density at radius 1 is 1.33 bits per heavy atom. The molecule has 0 bridgehead atoms. The molecule has 0 amide bonds. The number of carbonyl (C=O) groups excluding carboxylic acids is 2. The van der Waals surface area contributed by atoms with Gasteiger partial charge in [0.05, 0.1) is 12.9 Å². The number of hydrogen-bond donors (Lipinski definition) is 0. The summed E-state index contributed by atoms with van der Waals surface area (Å²) in [5.41, 5.74) is -1.61. The maximum absolute atomic E-state index is 12.3. The Hall–Kier alpha value is -2.19. The van der Waals surface area contributed by atoms with Gasteiger partial charge in [-0.3, -0.25) is 13.8 Å². The molecule has 3 atom stereocenters. The smallest absolute Gasteiger partial charge is 0.360 e. The number of carbonyl (C=O) groups is 2. The Bertz CT molecular complexity index is 635. The summed E-state index contributed by atoms with van der Waals surface area (Å²) >= 11 is -2.16. The number of benzene rings is 1. The van der Waals surface area contributed by atoms with Crippen LogP contribution >= 0.6 is 0 Å². The maximum Gasteiger partial charge on any atom is 0.360 e. The van der Waals surface area contributed by atoms with Gasteiger partial charge in [-0.1, -0.05) is 18.2 Å². The van der Waals surface area contributed by atoms with Gasteiger partial charge >= 0.3 is 17.3 Å². The summed E-state index contributed by atoms with van der Waals surface area (Å²) in [6.07, 6.45) is 2.76. The first-order valence-corrected chi connectivity index (χ1v) is 8.23. The molecule has 7 nitrogen and oxygen atoms in total. The average Bonchev–Trinajstić information content (AvgIpc) is 3.06. The number of para-hydroxylation sites is 1. The van der Waals surface area contributed by atoms with Crippen LogP contribution in [0, 0.1) is 5.41 Å². The van der Waals surface area contributed by atoms with Crippen molar-refractivity contribution in [1.82, 2.24) is 0 Å². The van der Waals surface area contributed by atoms with Crippen molar-refractivity contribution in [3.05, 3.63) is 42.7 Å². The van der Waals surface area contributed by atoms with E-state index in [2.05, 4.69) is 0 Å². The van der Waals surface area contributed by atoms with Gasteiger partial charge in [0.15, 0.2) is 0 Å². The highest BCUT2D eigenvalue weighted by Crippen LogP contribution is 2.24. The van der Waals surface area contributed by atoms with Crippen LogP contribution in [0.1, 0.15) is 20.3 Å². The van der Waals surface area contributed by atoms with E-state index in [1.807, 2.05) is 0 Å². The van der Waals surface area contributed by atoms with E-state index >= 15 is 0 Å². The second-order valence-corrected chi connectivity index (χ2v) is 6.14. The van der Waals surface area contributed by atoms with Crippen LogP contribution in [0.15, 0.2) is 42.7 Å². The SMILES string of the molecule is CC(=O)C(C)(COS(=O)Oc1ccccc1)C(=O)OC1CC=CO1. The standard InChI is InChI=1S/C16H18O7S/c1-12(17)16(2,15(18)22-14-9-6-10-20-14)11-21-24(19)23-13-7-4-3-5-8-13/h3-8,10,14H,9,11H2,1-2H3. The maximum atomic E-state index is 12.3. The number of rotatable bonds is 8. The zero-order valence-corrected chi connectivity index (χ0v) is 14.1. The summed E-state index contributed by atoms with van der Waals surface area (Å²) < 4.78 is 32.1. The highest BCUT2D eigenvalue weighted by atomic mass is 32.2. The van der Waals surface area contributed by atoms with Crippen LogP contribution in [0.5, 0.6) is 5.75 Å². The minimum Gasteiger partial charge on any atom is -0.462 e. The molecule has 0 fully saturated rings. The Labute approximate surface area is 142 Å². The van der Waals surface area contributed by atoms with Crippen LogP contribution in [0.4, 0.5) is 0 Å². The Morgan fingerprint density at radius 2 is 2.04 bits per heavy atom. The molecule has 1 aromatic carbocycles. The third-order valence-electron chi connectivity index (χ3n) is 3.47. The number of hydrogen-bond acceptors (Lipinski definition) is 7. The van der Waals surface area contributed by atoms with E-state index in [9.17, 15) is 13.8 Å². The second-order valence-electron chi connectivity index (χ2n) is 5.33. The minimum atomic E-state index is -2.16. The van der Waals surface area contributed by atoms with Crippen molar-refractivity contribution >= 4 is 23.1 Å². The summed E-state index contributed by atoms with van der Waals surface area (Å²) in [6.45, 7) is 2.15. The van der Waals surface area contributed by atoms with E-state index in [1.165, 1.54) is 20.1 Å². The molecule has 0 spiro atoms. The quantitative estimate of drug-likeness (QED) is 0.521. The molecular weight excluding hydrogens is 336 g/mol. The van der Waals surface area contributed by atoms with Crippen molar-refractivity contribution in [2.24, 2.45) is 5.41 Å². The molecule has 2 rings (SSSR count). The molecular formula is C16H18O7S. The lowest BCUT2D eigenvalue weighted by Gasteiger charge is -2.25. The topological polar surface area (TPSA) is 88.1 Å². The fourth-order valence-electron chi connectivity index (χ4n) is 1.74. The van der Waals surface area contributed by atoms with E-state index in [-0.39, 0.29) is 0 Å². The first-order chi connectivity index (χ1) is 11.4. The van der Waals surface area contributed by atoms with Crippen LogP contribution in [-0.4, -0.2) is 28.9 Å². The summed E-state index contributed by atoms with van der Waals surface area (Å²) in [7, 11) is 0. The molecule has 0 saturated heterocycles. The lowest BCUT2D eigenvalue weighted by atomic mass is 9.87. The van der Waals surface area contributed by atoms with E-state index in [0.29, 0.717) is 12.2 Å². The van der Waals surface area contributed by atoms with E-state index in [4.69, 9.17) is 17.8 Å². The van der Waals surface area contributed by atoms with Crippen molar-refractivity contribution in [2.75, 3.05) is 6.61 Å². The summed E-state index contributed by atoms with van der Waals surface area (Å²) in [5.74, 6) is -0.941. The molecule has 1 heterocycles. The summed E-state index contributed by atoms with van der Waals surface area (Å²) in [5, 5.41) is 0. The van der Waals surface area contributed by atoms with Crippen molar-refractivity contribution in [3.63, 3.8) is 0 Å².